The molecule has 0 saturated carbocycles. The van der Waals surface area contributed by atoms with E-state index >= 15 is 0 Å². The van der Waals surface area contributed by atoms with Crippen molar-refractivity contribution in [3.05, 3.63) is 47.0 Å². The summed E-state index contributed by atoms with van der Waals surface area (Å²) in [6, 6.07) is 6.26. The zero-order valence-electron chi connectivity index (χ0n) is 14.6. The lowest BCUT2D eigenvalue weighted by molar-refractivity contribution is -0.146. The molecule has 5 nitrogen and oxygen atoms in total. The van der Waals surface area contributed by atoms with E-state index in [2.05, 4.69) is 5.10 Å². The molecule has 134 valence electrons. The van der Waals surface area contributed by atoms with Crippen LogP contribution in [-0.4, -0.2) is 28.5 Å². The van der Waals surface area contributed by atoms with Crippen molar-refractivity contribution in [1.82, 2.24) is 9.78 Å². The fourth-order valence-corrected chi connectivity index (χ4v) is 3.02. The molecule has 0 radical (unpaired) electrons. The Bertz CT molecular complexity index is 738. The average Bonchev–Trinajstić information content (AvgIpc) is 3.16. The molecular formula is C19H23FN2O3. The van der Waals surface area contributed by atoms with Gasteiger partial charge in [-0.2, -0.15) is 5.10 Å². The van der Waals surface area contributed by atoms with E-state index in [1.54, 1.807) is 12.1 Å². The number of esters is 1. The number of halogens is 1. The predicted molar refractivity (Wildman–Crippen MR) is 91.0 cm³/mol. The van der Waals surface area contributed by atoms with Gasteiger partial charge in [0.25, 0.3) is 0 Å². The molecule has 0 N–H and O–H groups in total. The molecular weight excluding hydrogens is 323 g/mol. The molecule has 25 heavy (non-hydrogen) atoms. The van der Waals surface area contributed by atoms with Crippen molar-refractivity contribution in [3.8, 4) is 5.69 Å². The van der Waals surface area contributed by atoms with Crippen molar-refractivity contribution in [1.29, 1.82) is 0 Å². The number of rotatable bonds is 7. The fourth-order valence-electron chi connectivity index (χ4n) is 3.02. The van der Waals surface area contributed by atoms with Crippen LogP contribution in [0, 0.1) is 5.82 Å². The zero-order valence-corrected chi connectivity index (χ0v) is 14.6. The summed E-state index contributed by atoms with van der Waals surface area (Å²) in [5.41, 5.74) is 3.88. The third-order valence-corrected chi connectivity index (χ3v) is 4.21. The topological polar surface area (TPSA) is 53.4 Å². The number of aromatic nitrogens is 2. The summed E-state index contributed by atoms with van der Waals surface area (Å²) >= 11 is 0. The van der Waals surface area contributed by atoms with Gasteiger partial charge in [0.2, 0.25) is 0 Å². The molecule has 0 unspecified atom stereocenters. The smallest absolute Gasteiger partial charge is 0.308 e. The van der Waals surface area contributed by atoms with Crippen LogP contribution in [0.1, 0.15) is 43.6 Å². The minimum Gasteiger partial charge on any atom is -0.459 e. The van der Waals surface area contributed by atoms with Gasteiger partial charge in [0, 0.05) is 11.3 Å². The molecule has 0 aliphatic heterocycles. The number of carbonyl (C=O) groups excluding carboxylic acids is 1. The molecule has 1 aromatic heterocycles. The Balaban J connectivity index is 1.67. The van der Waals surface area contributed by atoms with Crippen LogP contribution in [0.25, 0.3) is 5.69 Å². The van der Waals surface area contributed by atoms with Crippen molar-refractivity contribution >= 4 is 5.97 Å². The van der Waals surface area contributed by atoms with Crippen LogP contribution in [0.5, 0.6) is 0 Å². The van der Waals surface area contributed by atoms with Gasteiger partial charge in [-0.05, 0) is 57.4 Å². The molecule has 2 aromatic rings. The Labute approximate surface area is 146 Å². The number of hydrogen-bond donors (Lipinski definition) is 0. The quantitative estimate of drug-likeness (QED) is 0.722. The van der Waals surface area contributed by atoms with Crippen LogP contribution in [0.4, 0.5) is 4.39 Å². The van der Waals surface area contributed by atoms with E-state index in [4.69, 9.17) is 9.47 Å². The first kappa shape index (κ1) is 17.6. The van der Waals surface area contributed by atoms with Crippen molar-refractivity contribution in [2.75, 3.05) is 6.61 Å². The van der Waals surface area contributed by atoms with E-state index in [0.29, 0.717) is 6.61 Å². The van der Waals surface area contributed by atoms with E-state index in [0.717, 1.165) is 41.9 Å². The Morgan fingerprint density at radius 2 is 2.04 bits per heavy atom. The lowest BCUT2D eigenvalue weighted by atomic mass is 10.2. The fraction of sp³-hybridized carbons (Fsp3) is 0.474. The second-order valence-electron chi connectivity index (χ2n) is 6.44. The monoisotopic (exact) mass is 346 g/mol. The second kappa shape index (κ2) is 7.78. The van der Waals surface area contributed by atoms with Gasteiger partial charge < -0.3 is 9.47 Å². The predicted octanol–water partition coefficient (Wildman–Crippen LogP) is 3.36. The highest BCUT2D eigenvalue weighted by atomic mass is 19.1. The van der Waals surface area contributed by atoms with Gasteiger partial charge in [-0.25, -0.2) is 9.07 Å². The number of fused-ring (bicyclic) bond motifs is 1. The van der Waals surface area contributed by atoms with Gasteiger partial charge in [0.15, 0.2) is 0 Å². The maximum Gasteiger partial charge on any atom is 0.308 e. The zero-order chi connectivity index (χ0) is 17.8. The normalized spacial score (nSPS) is 13.3. The van der Waals surface area contributed by atoms with Crippen LogP contribution >= 0.6 is 0 Å². The number of hydrogen-bond acceptors (Lipinski definition) is 4. The first-order valence-corrected chi connectivity index (χ1v) is 8.67. The Kier molecular flexibility index (Phi) is 5.48. The van der Waals surface area contributed by atoms with Crippen molar-refractivity contribution in [2.45, 2.75) is 52.2 Å². The van der Waals surface area contributed by atoms with Crippen LogP contribution in [0.2, 0.25) is 0 Å². The Hall–Kier alpha value is -2.21. The highest BCUT2D eigenvalue weighted by Gasteiger charge is 2.23. The minimum absolute atomic E-state index is 0.0995. The van der Waals surface area contributed by atoms with Crippen LogP contribution in [0.3, 0.4) is 0 Å². The summed E-state index contributed by atoms with van der Waals surface area (Å²) in [5, 5.41) is 4.60. The summed E-state index contributed by atoms with van der Waals surface area (Å²) in [6.45, 7) is 4.38. The maximum atomic E-state index is 13.1. The third kappa shape index (κ3) is 4.25. The highest BCUT2D eigenvalue weighted by molar-refractivity contribution is 5.69. The number of carbonyl (C=O) groups is 1. The van der Waals surface area contributed by atoms with Crippen molar-refractivity contribution in [3.63, 3.8) is 0 Å². The van der Waals surface area contributed by atoms with E-state index in [1.807, 2.05) is 18.5 Å². The second-order valence-corrected chi connectivity index (χ2v) is 6.44. The summed E-state index contributed by atoms with van der Waals surface area (Å²) in [5.74, 6) is -0.561. The van der Waals surface area contributed by atoms with Gasteiger partial charge in [-0.3, -0.25) is 4.79 Å². The summed E-state index contributed by atoms with van der Waals surface area (Å²) in [4.78, 5) is 11.8. The molecule has 0 saturated heterocycles. The van der Waals surface area contributed by atoms with Gasteiger partial charge in [-0.1, -0.05) is 0 Å². The van der Waals surface area contributed by atoms with Gasteiger partial charge in [0.05, 0.1) is 24.8 Å². The largest absolute Gasteiger partial charge is 0.459 e. The van der Waals surface area contributed by atoms with Gasteiger partial charge in [0.1, 0.15) is 18.1 Å². The van der Waals surface area contributed by atoms with E-state index < -0.39 is 0 Å². The molecule has 0 fully saturated rings. The van der Waals surface area contributed by atoms with Crippen molar-refractivity contribution < 1.29 is 18.7 Å². The standard InChI is InChI=1S/C19H23FN2O3/c1-13(2)24-11-10-19(23)25-12-17-16-4-3-5-18(16)22(21-17)15-8-6-14(20)7-9-15/h6-9,13H,3-5,10-12H2,1-2H3. The lowest BCUT2D eigenvalue weighted by Crippen LogP contribution is -2.12. The molecule has 3 rings (SSSR count). The molecule has 1 aliphatic rings. The van der Waals surface area contributed by atoms with Crippen LogP contribution in [-0.2, 0) is 33.7 Å². The van der Waals surface area contributed by atoms with Crippen LogP contribution < -0.4 is 0 Å². The third-order valence-electron chi connectivity index (χ3n) is 4.21. The summed E-state index contributed by atoms with van der Waals surface area (Å²) in [6.07, 6.45) is 3.24. The van der Waals surface area contributed by atoms with E-state index in [9.17, 15) is 9.18 Å². The van der Waals surface area contributed by atoms with E-state index in [1.165, 1.54) is 12.1 Å². The summed E-state index contributed by atoms with van der Waals surface area (Å²) in [7, 11) is 0. The molecule has 0 amide bonds. The van der Waals surface area contributed by atoms with E-state index in [-0.39, 0.29) is 30.9 Å². The molecule has 1 aromatic carbocycles. The molecule has 6 heteroatoms. The molecule has 1 aliphatic carbocycles. The first-order chi connectivity index (χ1) is 12.0. The maximum absolute atomic E-state index is 13.1. The van der Waals surface area contributed by atoms with Gasteiger partial charge >= 0.3 is 5.97 Å². The van der Waals surface area contributed by atoms with Gasteiger partial charge in [-0.15, -0.1) is 0 Å². The molecule has 0 spiro atoms. The number of nitrogens with zero attached hydrogens (tertiary/aromatic N) is 2. The Morgan fingerprint density at radius 3 is 2.76 bits per heavy atom. The molecule has 1 heterocycles. The minimum atomic E-state index is -0.288. The van der Waals surface area contributed by atoms with Crippen LogP contribution in [0.15, 0.2) is 24.3 Å². The number of benzene rings is 1. The molecule has 0 atom stereocenters. The first-order valence-electron chi connectivity index (χ1n) is 8.67. The lowest BCUT2D eigenvalue weighted by Gasteiger charge is -2.07. The molecule has 0 bridgehead atoms. The number of ether oxygens (including phenoxy) is 2. The summed E-state index contributed by atoms with van der Waals surface area (Å²) < 4.78 is 25.7. The Morgan fingerprint density at radius 1 is 1.28 bits per heavy atom. The SMILES string of the molecule is CC(C)OCCC(=O)OCc1nn(-c2ccc(F)cc2)c2c1CCC2. The average molecular weight is 346 g/mol. The van der Waals surface area contributed by atoms with Crippen molar-refractivity contribution in [2.24, 2.45) is 0 Å². The highest BCUT2D eigenvalue weighted by Crippen LogP contribution is 2.28.